The third-order valence-electron chi connectivity index (χ3n) is 3.29. The van der Waals surface area contributed by atoms with E-state index in [-0.39, 0.29) is 11.9 Å². The van der Waals surface area contributed by atoms with Gasteiger partial charge in [-0.25, -0.2) is 4.39 Å². The SMILES string of the molecule is Cc1cc(F)ccc1-c1ccc([C@H]2C[C@@H]2N)o1. The number of rotatable bonds is 2. The Morgan fingerprint density at radius 2 is 2.06 bits per heavy atom. The van der Waals surface area contributed by atoms with E-state index in [2.05, 4.69) is 0 Å². The third kappa shape index (κ3) is 1.87. The monoisotopic (exact) mass is 231 g/mol. The molecule has 0 unspecified atom stereocenters. The lowest BCUT2D eigenvalue weighted by molar-refractivity contribution is 0.521. The van der Waals surface area contributed by atoms with E-state index in [0.29, 0.717) is 5.92 Å². The molecule has 0 amide bonds. The Kier molecular flexibility index (Phi) is 2.30. The minimum absolute atomic E-state index is 0.220. The fourth-order valence-electron chi connectivity index (χ4n) is 2.14. The number of aryl methyl sites for hydroxylation is 1. The average molecular weight is 231 g/mol. The molecular weight excluding hydrogens is 217 g/mol. The fraction of sp³-hybridized carbons (Fsp3) is 0.286. The largest absolute Gasteiger partial charge is 0.461 e. The molecule has 1 aliphatic rings. The maximum atomic E-state index is 13.0. The molecule has 2 N–H and O–H groups in total. The topological polar surface area (TPSA) is 39.2 Å². The first-order valence-corrected chi connectivity index (χ1v) is 5.77. The summed E-state index contributed by atoms with van der Waals surface area (Å²) in [4.78, 5) is 0. The van der Waals surface area contributed by atoms with Crippen molar-refractivity contribution >= 4 is 0 Å². The minimum atomic E-state index is -0.220. The second-order valence-corrected chi connectivity index (χ2v) is 4.67. The van der Waals surface area contributed by atoms with E-state index in [4.69, 9.17) is 10.2 Å². The minimum Gasteiger partial charge on any atom is -0.461 e. The normalized spacial score (nSPS) is 22.8. The van der Waals surface area contributed by atoms with Crippen LogP contribution in [-0.4, -0.2) is 6.04 Å². The number of nitrogens with two attached hydrogens (primary N) is 1. The molecule has 88 valence electrons. The highest BCUT2D eigenvalue weighted by atomic mass is 19.1. The zero-order chi connectivity index (χ0) is 12.0. The summed E-state index contributed by atoms with van der Waals surface area (Å²) in [5.74, 6) is 1.87. The van der Waals surface area contributed by atoms with E-state index in [0.717, 1.165) is 29.1 Å². The molecule has 1 heterocycles. The lowest BCUT2D eigenvalue weighted by Gasteiger charge is -2.02. The number of halogens is 1. The lowest BCUT2D eigenvalue weighted by Crippen LogP contribution is -2.00. The van der Waals surface area contributed by atoms with Gasteiger partial charge in [-0.2, -0.15) is 0 Å². The summed E-state index contributed by atoms with van der Waals surface area (Å²) in [6.45, 7) is 1.88. The van der Waals surface area contributed by atoms with Crippen LogP contribution < -0.4 is 5.73 Å². The van der Waals surface area contributed by atoms with Crippen LogP contribution in [0.2, 0.25) is 0 Å². The molecule has 0 radical (unpaired) electrons. The zero-order valence-electron chi connectivity index (χ0n) is 9.61. The second-order valence-electron chi connectivity index (χ2n) is 4.67. The summed E-state index contributed by atoms with van der Waals surface area (Å²) in [6, 6.07) is 8.85. The van der Waals surface area contributed by atoms with Crippen molar-refractivity contribution in [2.24, 2.45) is 5.73 Å². The van der Waals surface area contributed by atoms with Gasteiger partial charge >= 0.3 is 0 Å². The van der Waals surface area contributed by atoms with Crippen molar-refractivity contribution in [2.45, 2.75) is 25.3 Å². The Hall–Kier alpha value is -1.61. The molecule has 2 nitrogen and oxygen atoms in total. The Labute approximate surface area is 99.2 Å². The van der Waals surface area contributed by atoms with Crippen LogP contribution in [0.4, 0.5) is 4.39 Å². The summed E-state index contributed by atoms with van der Waals surface area (Å²) >= 11 is 0. The molecule has 2 aromatic rings. The van der Waals surface area contributed by atoms with E-state index in [1.807, 2.05) is 19.1 Å². The molecule has 17 heavy (non-hydrogen) atoms. The summed E-state index contributed by atoms with van der Waals surface area (Å²) in [5.41, 5.74) is 7.60. The predicted molar refractivity (Wildman–Crippen MR) is 64.2 cm³/mol. The van der Waals surface area contributed by atoms with Crippen LogP contribution >= 0.6 is 0 Å². The Morgan fingerprint density at radius 3 is 2.71 bits per heavy atom. The van der Waals surface area contributed by atoms with Gasteiger partial charge < -0.3 is 10.2 Å². The maximum Gasteiger partial charge on any atom is 0.134 e. The van der Waals surface area contributed by atoms with Crippen LogP contribution in [0.15, 0.2) is 34.7 Å². The molecular formula is C14H14FNO. The van der Waals surface area contributed by atoms with Gasteiger partial charge in [-0.3, -0.25) is 0 Å². The molecule has 2 atom stereocenters. The van der Waals surface area contributed by atoms with Crippen molar-refractivity contribution in [1.29, 1.82) is 0 Å². The van der Waals surface area contributed by atoms with Crippen LogP contribution in [0.5, 0.6) is 0 Å². The van der Waals surface area contributed by atoms with Gasteiger partial charge in [0.15, 0.2) is 0 Å². The zero-order valence-corrected chi connectivity index (χ0v) is 9.61. The average Bonchev–Trinajstić information content (AvgIpc) is 2.83. The first-order chi connectivity index (χ1) is 8.15. The number of furan rings is 1. The fourth-order valence-corrected chi connectivity index (χ4v) is 2.14. The summed E-state index contributed by atoms with van der Waals surface area (Å²) in [7, 11) is 0. The van der Waals surface area contributed by atoms with Crippen molar-refractivity contribution in [3.63, 3.8) is 0 Å². The van der Waals surface area contributed by atoms with Gasteiger partial charge in [0, 0.05) is 17.5 Å². The van der Waals surface area contributed by atoms with Crippen molar-refractivity contribution < 1.29 is 8.81 Å². The van der Waals surface area contributed by atoms with Crippen LogP contribution in [0, 0.1) is 12.7 Å². The Morgan fingerprint density at radius 1 is 1.29 bits per heavy atom. The standard InChI is InChI=1S/C14H14FNO/c1-8-6-9(15)2-3-10(8)13-4-5-14(17-13)11-7-12(11)16/h2-6,11-12H,7,16H2,1H3/t11-,12-/m0/s1. The van der Waals surface area contributed by atoms with Gasteiger partial charge in [-0.15, -0.1) is 0 Å². The van der Waals surface area contributed by atoms with Gasteiger partial charge in [0.25, 0.3) is 0 Å². The molecule has 3 heteroatoms. The number of benzene rings is 1. The third-order valence-corrected chi connectivity index (χ3v) is 3.29. The summed E-state index contributed by atoms with van der Waals surface area (Å²) in [6.07, 6.45) is 0.995. The summed E-state index contributed by atoms with van der Waals surface area (Å²) in [5, 5.41) is 0. The molecule has 0 saturated heterocycles. The molecule has 1 saturated carbocycles. The number of hydrogen-bond donors (Lipinski definition) is 1. The second kappa shape index (κ2) is 3.70. The molecule has 1 aliphatic carbocycles. The van der Waals surface area contributed by atoms with Gasteiger partial charge in [-0.1, -0.05) is 0 Å². The molecule has 1 fully saturated rings. The van der Waals surface area contributed by atoms with Crippen LogP contribution in [0.3, 0.4) is 0 Å². The van der Waals surface area contributed by atoms with E-state index in [1.54, 1.807) is 6.07 Å². The van der Waals surface area contributed by atoms with Crippen molar-refractivity contribution in [1.82, 2.24) is 0 Å². The summed E-state index contributed by atoms with van der Waals surface area (Å²) < 4.78 is 18.8. The van der Waals surface area contributed by atoms with E-state index < -0.39 is 0 Å². The van der Waals surface area contributed by atoms with Crippen LogP contribution in [0.1, 0.15) is 23.7 Å². The maximum absolute atomic E-state index is 13.0. The van der Waals surface area contributed by atoms with Gasteiger partial charge in [0.1, 0.15) is 17.3 Å². The smallest absolute Gasteiger partial charge is 0.134 e. The van der Waals surface area contributed by atoms with Crippen molar-refractivity contribution in [3.05, 3.63) is 47.5 Å². The van der Waals surface area contributed by atoms with E-state index in [1.165, 1.54) is 12.1 Å². The van der Waals surface area contributed by atoms with E-state index in [9.17, 15) is 4.39 Å². The lowest BCUT2D eigenvalue weighted by atomic mass is 10.1. The molecule has 0 aliphatic heterocycles. The number of hydrogen-bond acceptors (Lipinski definition) is 2. The molecule has 3 rings (SSSR count). The Balaban J connectivity index is 1.95. The molecule has 1 aromatic heterocycles. The Bertz CT molecular complexity index is 561. The molecule has 1 aromatic carbocycles. The van der Waals surface area contributed by atoms with Crippen LogP contribution in [-0.2, 0) is 0 Å². The first-order valence-electron chi connectivity index (χ1n) is 5.77. The van der Waals surface area contributed by atoms with Gasteiger partial charge in [-0.05, 0) is 49.2 Å². The van der Waals surface area contributed by atoms with Gasteiger partial charge in [0.05, 0.1) is 0 Å². The molecule has 0 spiro atoms. The highest BCUT2D eigenvalue weighted by molar-refractivity contribution is 5.62. The first kappa shape index (κ1) is 10.5. The molecule has 0 bridgehead atoms. The highest BCUT2D eigenvalue weighted by Crippen LogP contribution is 2.41. The van der Waals surface area contributed by atoms with Crippen molar-refractivity contribution in [3.8, 4) is 11.3 Å². The van der Waals surface area contributed by atoms with Gasteiger partial charge in [0.2, 0.25) is 0 Å². The van der Waals surface area contributed by atoms with Crippen molar-refractivity contribution in [2.75, 3.05) is 0 Å². The quantitative estimate of drug-likeness (QED) is 0.862. The van der Waals surface area contributed by atoms with E-state index >= 15 is 0 Å². The predicted octanol–water partition coefficient (Wildman–Crippen LogP) is 3.21. The highest BCUT2D eigenvalue weighted by Gasteiger charge is 2.37. The van der Waals surface area contributed by atoms with Crippen LogP contribution in [0.25, 0.3) is 11.3 Å².